The Kier molecular flexibility index (Phi) is 2.90. The van der Waals surface area contributed by atoms with Crippen LogP contribution < -0.4 is 5.32 Å². The van der Waals surface area contributed by atoms with Gasteiger partial charge in [-0.05, 0) is 36.0 Å². The number of hydrogen-bond donors (Lipinski definition) is 1. The molecule has 5 rings (SSSR count). The van der Waals surface area contributed by atoms with E-state index in [0.717, 1.165) is 22.5 Å². The van der Waals surface area contributed by atoms with Crippen LogP contribution in [0.5, 0.6) is 0 Å². The first-order valence-electron chi connectivity index (χ1n) is 7.95. The molecule has 0 spiro atoms. The Morgan fingerprint density at radius 1 is 1.36 bits per heavy atom. The molecule has 0 bridgehead atoms. The zero-order chi connectivity index (χ0) is 17.1. The highest BCUT2D eigenvalue weighted by Crippen LogP contribution is 2.40. The molecule has 9 heteroatoms. The summed E-state index contributed by atoms with van der Waals surface area (Å²) in [5, 5.41) is 16.3. The first-order chi connectivity index (χ1) is 12.1. The lowest BCUT2D eigenvalue weighted by molar-refractivity contribution is -0.389. The second-order valence-electron chi connectivity index (χ2n) is 6.23. The first-order valence-corrected chi connectivity index (χ1v) is 8.83. The van der Waals surface area contributed by atoms with E-state index in [4.69, 9.17) is 4.98 Å². The van der Waals surface area contributed by atoms with Gasteiger partial charge in [0.15, 0.2) is 0 Å². The van der Waals surface area contributed by atoms with Crippen molar-refractivity contribution in [2.24, 2.45) is 7.05 Å². The van der Waals surface area contributed by atoms with Crippen LogP contribution in [0.3, 0.4) is 0 Å². The zero-order valence-electron chi connectivity index (χ0n) is 13.3. The van der Waals surface area contributed by atoms with Crippen molar-refractivity contribution in [1.29, 1.82) is 0 Å². The quantitative estimate of drug-likeness (QED) is 0.444. The Hall–Kier alpha value is -2.94. The molecule has 1 aromatic carbocycles. The van der Waals surface area contributed by atoms with Crippen LogP contribution in [0.25, 0.3) is 16.0 Å². The van der Waals surface area contributed by atoms with Crippen LogP contribution in [-0.4, -0.2) is 23.9 Å². The summed E-state index contributed by atoms with van der Waals surface area (Å²) in [4.78, 5) is 20.7. The molecule has 126 valence electrons. The summed E-state index contributed by atoms with van der Waals surface area (Å²) >= 11 is 1.36. The third kappa shape index (κ3) is 2.19. The lowest BCUT2D eigenvalue weighted by Crippen LogP contribution is -1.98. The van der Waals surface area contributed by atoms with Crippen molar-refractivity contribution in [1.82, 2.24) is 18.9 Å². The van der Waals surface area contributed by atoms with E-state index in [1.807, 2.05) is 25.2 Å². The minimum Gasteiger partial charge on any atom is -0.358 e. The van der Waals surface area contributed by atoms with Gasteiger partial charge in [-0.15, -0.1) is 0 Å². The molecule has 8 nitrogen and oxygen atoms in total. The molecule has 1 aliphatic carbocycles. The number of nitrogens with one attached hydrogen (secondary N) is 1. The SMILES string of the molecule is Cn1c(C2CC2)nc2cc(Nc3nc4sccn4c3[N+](=O)[O-])ccc21. The third-order valence-electron chi connectivity index (χ3n) is 4.53. The summed E-state index contributed by atoms with van der Waals surface area (Å²) in [6.45, 7) is 0. The van der Waals surface area contributed by atoms with E-state index in [1.54, 1.807) is 11.6 Å². The van der Waals surface area contributed by atoms with Gasteiger partial charge in [0.05, 0.1) is 11.0 Å². The second kappa shape index (κ2) is 5.03. The van der Waals surface area contributed by atoms with Crippen molar-refractivity contribution >= 4 is 44.7 Å². The summed E-state index contributed by atoms with van der Waals surface area (Å²) in [7, 11) is 2.03. The average Bonchev–Trinajstić information content (AvgIpc) is 3.10. The topological polar surface area (TPSA) is 90.3 Å². The fourth-order valence-electron chi connectivity index (χ4n) is 3.17. The maximum Gasteiger partial charge on any atom is 0.373 e. The predicted molar refractivity (Wildman–Crippen MR) is 95.7 cm³/mol. The molecular formula is C16H14N6O2S. The van der Waals surface area contributed by atoms with Crippen LogP contribution in [0.2, 0.25) is 0 Å². The molecule has 0 amide bonds. The Morgan fingerprint density at radius 3 is 2.96 bits per heavy atom. The third-order valence-corrected chi connectivity index (χ3v) is 5.29. The van der Waals surface area contributed by atoms with Gasteiger partial charge < -0.3 is 20.0 Å². The lowest BCUT2D eigenvalue weighted by Gasteiger charge is -2.04. The number of benzene rings is 1. The number of aryl methyl sites for hydroxylation is 1. The summed E-state index contributed by atoms with van der Waals surface area (Å²) in [5.41, 5.74) is 2.69. The van der Waals surface area contributed by atoms with Gasteiger partial charge in [0.2, 0.25) is 5.82 Å². The molecule has 1 fully saturated rings. The van der Waals surface area contributed by atoms with Crippen LogP contribution in [0.15, 0.2) is 29.8 Å². The van der Waals surface area contributed by atoms with E-state index < -0.39 is 4.92 Å². The number of thiazole rings is 1. The van der Waals surface area contributed by atoms with Gasteiger partial charge in [0.25, 0.3) is 4.96 Å². The Balaban J connectivity index is 1.57. The first kappa shape index (κ1) is 14.4. The monoisotopic (exact) mass is 354 g/mol. The van der Waals surface area contributed by atoms with Crippen molar-refractivity contribution in [2.45, 2.75) is 18.8 Å². The Bertz CT molecular complexity index is 1140. The molecule has 3 aromatic heterocycles. The van der Waals surface area contributed by atoms with Gasteiger partial charge >= 0.3 is 5.82 Å². The van der Waals surface area contributed by atoms with Crippen molar-refractivity contribution in [2.75, 3.05) is 5.32 Å². The molecular weight excluding hydrogens is 340 g/mol. The number of imidazole rings is 2. The van der Waals surface area contributed by atoms with E-state index in [1.165, 1.54) is 28.6 Å². The van der Waals surface area contributed by atoms with Gasteiger partial charge in [-0.25, -0.2) is 4.98 Å². The molecule has 0 unspecified atom stereocenters. The molecule has 1 aliphatic rings. The molecule has 1 saturated carbocycles. The van der Waals surface area contributed by atoms with E-state index in [-0.39, 0.29) is 11.6 Å². The number of fused-ring (bicyclic) bond motifs is 2. The zero-order valence-corrected chi connectivity index (χ0v) is 14.2. The van der Waals surface area contributed by atoms with E-state index in [9.17, 15) is 10.1 Å². The number of rotatable bonds is 4. The molecule has 4 aromatic rings. The number of nitro groups is 1. The highest BCUT2D eigenvalue weighted by atomic mass is 32.1. The fourth-order valence-corrected chi connectivity index (χ4v) is 3.88. The summed E-state index contributed by atoms with van der Waals surface area (Å²) < 4.78 is 3.61. The fraction of sp³-hybridized carbons (Fsp3) is 0.250. The maximum atomic E-state index is 11.4. The molecule has 25 heavy (non-hydrogen) atoms. The Morgan fingerprint density at radius 2 is 2.20 bits per heavy atom. The highest BCUT2D eigenvalue weighted by molar-refractivity contribution is 7.15. The number of nitrogens with zero attached hydrogens (tertiary/aromatic N) is 5. The minimum absolute atomic E-state index is 0.0592. The summed E-state index contributed by atoms with van der Waals surface area (Å²) in [5.74, 6) is 1.86. The highest BCUT2D eigenvalue weighted by Gasteiger charge is 2.29. The minimum atomic E-state index is -0.417. The van der Waals surface area contributed by atoms with Crippen LogP contribution in [0.4, 0.5) is 17.3 Å². The van der Waals surface area contributed by atoms with Crippen LogP contribution in [0, 0.1) is 10.1 Å². The maximum absolute atomic E-state index is 11.4. The van der Waals surface area contributed by atoms with Crippen molar-refractivity contribution < 1.29 is 4.92 Å². The van der Waals surface area contributed by atoms with Gasteiger partial charge in [-0.3, -0.25) is 0 Å². The molecule has 0 aliphatic heterocycles. The smallest absolute Gasteiger partial charge is 0.358 e. The molecule has 1 N–H and O–H groups in total. The van der Waals surface area contributed by atoms with E-state index in [0.29, 0.717) is 10.9 Å². The van der Waals surface area contributed by atoms with Gasteiger partial charge in [0.1, 0.15) is 12.0 Å². The number of hydrogen-bond acceptors (Lipinski definition) is 6. The molecule has 0 atom stereocenters. The standard InChI is InChI=1S/C16H14N6O2S/c1-20-12-5-4-10(8-11(12)18-14(20)9-2-3-9)17-13-15(22(23)24)21-6-7-25-16(21)19-13/h4-9,17H,2-3H2,1H3. The van der Waals surface area contributed by atoms with Gasteiger partial charge in [-0.1, -0.05) is 11.3 Å². The average molecular weight is 354 g/mol. The van der Waals surface area contributed by atoms with E-state index in [2.05, 4.69) is 14.9 Å². The second-order valence-corrected chi connectivity index (χ2v) is 7.10. The van der Waals surface area contributed by atoms with Crippen LogP contribution in [0.1, 0.15) is 24.6 Å². The summed E-state index contributed by atoms with van der Waals surface area (Å²) in [6.07, 6.45) is 4.04. The molecule has 0 radical (unpaired) electrons. The van der Waals surface area contributed by atoms with Crippen LogP contribution >= 0.6 is 11.3 Å². The normalized spacial score (nSPS) is 14.4. The van der Waals surface area contributed by atoms with Gasteiger partial charge in [0, 0.05) is 24.0 Å². The molecule has 0 saturated heterocycles. The predicted octanol–water partition coefficient (Wildman–Crippen LogP) is 3.81. The lowest BCUT2D eigenvalue weighted by atomic mass is 10.2. The van der Waals surface area contributed by atoms with Crippen molar-refractivity contribution in [3.63, 3.8) is 0 Å². The largest absolute Gasteiger partial charge is 0.373 e. The van der Waals surface area contributed by atoms with Crippen LogP contribution in [-0.2, 0) is 7.05 Å². The molecule has 3 heterocycles. The van der Waals surface area contributed by atoms with Crippen molar-refractivity contribution in [3.05, 3.63) is 45.7 Å². The number of anilines is 2. The van der Waals surface area contributed by atoms with Gasteiger partial charge in [-0.2, -0.15) is 9.38 Å². The summed E-state index contributed by atoms with van der Waals surface area (Å²) in [6, 6.07) is 5.80. The number of aromatic nitrogens is 4. The Labute approximate surface area is 145 Å². The van der Waals surface area contributed by atoms with Crippen molar-refractivity contribution in [3.8, 4) is 0 Å². The van der Waals surface area contributed by atoms with E-state index >= 15 is 0 Å².